The second-order valence-corrected chi connectivity index (χ2v) is 5.74. The van der Waals surface area contributed by atoms with Gasteiger partial charge in [-0.05, 0) is 36.8 Å². The Hall–Kier alpha value is -2.35. The molecule has 3 aromatic rings. The smallest absolute Gasteiger partial charge is 0.178 e. The van der Waals surface area contributed by atoms with E-state index >= 15 is 0 Å². The van der Waals surface area contributed by atoms with Crippen LogP contribution in [0.15, 0.2) is 28.7 Å². The maximum Gasteiger partial charge on any atom is 0.178 e. The number of hydrogen-bond acceptors (Lipinski definition) is 6. The monoisotopic (exact) mass is 377 g/mol. The quantitative estimate of drug-likeness (QED) is 0.736. The number of hydrogen-bond donors (Lipinski definition) is 1. The average Bonchev–Trinajstić information content (AvgIpc) is 2.94. The lowest BCUT2D eigenvalue weighted by atomic mass is 10.2. The molecule has 3 rings (SSSR count). The molecule has 0 saturated carbocycles. The molecule has 0 aliphatic rings. The van der Waals surface area contributed by atoms with Gasteiger partial charge < -0.3 is 14.8 Å². The molecular formula is C15H16BrN5O2. The van der Waals surface area contributed by atoms with Gasteiger partial charge in [-0.3, -0.25) is 0 Å². The third-order valence-corrected chi connectivity index (χ3v) is 4.17. The predicted octanol–water partition coefficient (Wildman–Crippen LogP) is 2.82. The fourth-order valence-corrected chi connectivity index (χ4v) is 2.67. The third-order valence-electron chi connectivity index (χ3n) is 3.43. The fourth-order valence-electron chi connectivity index (χ4n) is 2.21. The van der Waals surface area contributed by atoms with E-state index in [9.17, 15) is 0 Å². The van der Waals surface area contributed by atoms with E-state index in [4.69, 9.17) is 9.47 Å². The Balaban J connectivity index is 1.82. The van der Waals surface area contributed by atoms with Gasteiger partial charge in [-0.2, -0.15) is 4.52 Å². The summed E-state index contributed by atoms with van der Waals surface area (Å²) in [5.41, 5.74) is 1.75. The lowest BCUT2D eigenvalue weighted by Crippen LogP contribution is -2.06. The van der Waals surface area contributed by atoms with Crippen LogP contribution in [0.4, 0.5) is 5.82 Å². The minimum absolute atomic E-state index is 0.584. The molecule has 7 nitrogen and oxygen atoms in total. The Morgan fingerprint density at radius 1 is 1.13 bits per heavy atom. The van der Waals surface area contributed by atoms with Crippen LogP contribution in [0.25, 0.3) is 5.65 Å². The minimum atomic E-state index is 0.584. The molecule has 0 fully saturated rings. The minimum Gasteiger partial charge on any atom is -0.493 e. The summed E-state index contributed by atoms with van der Waals surface area (Å²) in [6.07, 6.45) is 0. The topological polar surface area (TPSA) is 73.6 Å². The molecule has 1 aromatic carbocycles. The molecule has 0 bridgehead atoms. The molecule has 1 N–H and O–H groups in total. The van der Waals surface area contributed by atoms with Crippen molar-refractivity contribution in [3.8, 4) is 11.5 Å². The summed E-state index contributed by atoms with van der Waals surface area (Å²) in [6.45, 7) is 2.45. The molecule has 23 heavy (non-hydrogen) atoms. The summed E-state index contributed by atoms with van der Waals surface area (Å²) < 4.78 is 13.3. The second-order valence-electron chi connectivity index (χ2n) is 4.89. The van der Waals surface area contributed by atoms with Gasteiger partial charge in [0.05, 0.1) is 14.2 Å². The van der Waals surface area contributed by atoms with Gasteiger partial charge in [0.2, 0.25) is 0 Å². The number of aryl methyl sites for hydroxylation is 1. The molecule has 0 spiro atoms. The number of nitrogens with one attached hydrogen (secondary N) is 1. The Bertz CT molecular complexity index is 849. The van der Waals surface area contributed by atoms with E-state index in [2.05, 4.69) is 36.5 Å². The highest BCUT2D eigenvalue weighted by atomic mass is 79.9. The van der Waals surface area contributed by atoms with Gasteiger partial charge in [-0.15, -0.1) is 15.3 Å². The summed E-state index contributed by atoms with van der Waals surface area (Å²) in [7, 11) is 3.23. The maximum absolute atomic E-state index is 5.34. The number of nitrogens with zero attached hydrogens (tertiary/aromatic N) is 4. The van der Waals surface area contributed by atoms with Crippen molar-refractivity contribution >= 4 is 27.4 Å². The molecule has 0 radical (unpaired) electrons. The number of methoxy groups -OCH3 is 2. The highest BCUT2D eigenvalue weighted by Crippen LogP contribution is 2.33. The Morgan fingerprint density at radius 3 is 2.61 bits per heavy atom. The zero-order valence-corrected chi connectivity index (χ0v) is 14.6. The molecular weight excluding hydrogens is 362 g/mol. The van der Waals surface area contributed by atoms with Crippen molar-refractivity contribution in [3.05, 3.63) is 40.1 Å². The normalized spacial score (nSPS) is 10.8. The van der Waals surface area contributed by atoms with Gasteiger partial charge in [0.1, 0.15) is 5.82 Å². The van der Waals surface area contributed by atoms with Crippen LogP contribution in [0.1, 0.15) is 11.4 Å². The highest BCUT2D eigenvalue weighted by Gasteiger charge is 2.10. The van der Waals surface area contributed by atoms with Crippen molar-refractivity contribution in [2.24, 2.45) is 0 Å². The van der Waals surface area contributed by atoms with E-state index < -0.39 is 0 Å². The summed E-state index contributed by atoms with van der Waals surface area (Å²) in [6, 6.07) is 7.56. The average molecular weight is 378 g/mol. The number of aromatic nitrogens is 4. The van der Waals surface area contributed by atoms with Crippen molar-refractivity contribution in [3.63, 3.8) is 0 Å². The first kappa shape index (κ1) is 15.5. The SMILES string of the molecule is COc1cc(Br)c(CNc2ccc3nnc(C)n3n2)cc1OC. The van der Waals surface area contributed by atoms with Gasteiger partial charge >= 0.3 is 0 Å². The maximum atomic E-state index is 5.34. The van der Waals surface area contributed by atoms with E-state index in [0.717, 1.165) is 27.3 Å². The van der Waals surface area contributed by atoms with Crippen molar-refractivity contribution in [1.29, 1.82) is 0 Å². The summed E-state index contributed by atoms with van der Waals surface area (Å²) in [5, 5.41) is 15.8. The number of halogens is 1. The highest BCUT2D eigenvalue weighted by molar-refractivity contribution is 9.10. The first-order chi connectivity index (χ1) is 11.1. The lowest BCUT2D eigenvalue weighted by molar-refractivity contribution is 0.354. The Kier molecular flexibility index (Phi) is 4.33. The zero-order chi connectivity index (χ0) is 16.4. The van der Waals surface area contributed by atoms with Crippen LogP contribution in [0.3, 0.4) is 0 Å². The van der Waals surface area contributed by atoms with Crippen LogP contribution in [-0.2, 0) is 6.54 Å². The Labute approximate surface area is 141 Å². The molecule has 2 heterocycles. The summed E-state index contributed by atoms with van der Waals surface area (Å²) >= 11 is 3.55. The van der Waals surface area contributed by atoms with Gasteiger partial charge in [0.25, 0.3) is 0 Å². The third kappa shape index (κ3) is 3.07. The Morgan fingerprint density at radius 2 is 1.87 bits per heavy atom. The molecule has 0 amide bonds. The first-order valence-electron chi connectivity index (χ1n) is 6.95. The molecule has 0 atom stereocenters. The van der Waals surface area contributed by atoms with Crippen LogP contribution < -0.4 is 14.8 Å². The van der Waals surface area contributed by atoms with Crippen LogP contribution >= 0.6 is 15.9 Å². The number of ether oxygens (including phenoxy) is 2. The van der Waals surface area contributed by atoms with Gasteiger partial charge in [-0.25, -0.2) is 0 Å². The van der Waals surface area contributed by atoms with Crippen LogP contribution in [0, 0.1) is 6.92 Å². The van der Waals surface area contributed by atoms with Crippen molar-refractivity contribution in [2.45, 2.75) is 13.5 Å². The number of benzene rings is 1. The number of anilines is 1. The lowest BCUT2D eigenvalue weighted by Gasteiger charge is -2.13. The van der Waals surface area contributed by atoms with E-state index in [-0.39, 0.29) is 0 Å². The van der Waals surface area contributed by atoms with Gasteiger partial charge in [-0.1, -0.05) is 15.9 Å². The molecule has 0 saturated heterocycles. The van der Waals surface area contributed by atoms with Crippen LogP contribution in [-0.4, -0.2) is 34.0 Å². The fraction of sp³-hybridized carbons (Fsp3) is 0.267. The molecule has 2 aromatic heterocycles. The van der Waals surface area contributed by atoms with E-state index in [0.29, 0.717) is 18.0 Å². The van der Waals surface area contributed by atoms with E-state index in [1.165, 1.54) is 0 Å². The molecule has 0 aliphatic heterocycles. The largest absolute Gasteiger partial charge is 0.493 e. The number of rotatable bonds is 5. The second kappa shape index (κ2) is 6.41. The van der Waals surface area contributed by atoms with E-state index in [1.54, 1.807) is 18.7 Å². The van der Waals surface area contributed by atoms with Crippen molar-refractivity contribution in [1.82, 2.24) is 19.8 Å². The van der Waals surface area contributed by atoms with Crippen LogP contribution in [0.2, 0.25) is 0 Å². The predicted molar refractivity (Wildman–Crippen MR) is 90.1 cm³/mol. The van der Waals surface area contributed by atoms with Crippen LogP contribution in [0.5, 0.6) is 11.5 Å². The zero-order valence-electron chi connectivity index (χ0n) is 13.0. The van der Waals surface area contributed by atoms with Gasteiger partial charge in [0.15, 0.2) is 23.0 Å². The molecule has 0 aliphatic carbocycles. The number of fused-ring (bicyclic) bond motifs is 1. The molecule has 120 valence electrons. The standard InChI is InChI=1S/C15H16BrN5O2/c1-9-18-19-15-5-4-14(20-21(9)15)17-8-10-6-12(22-2)13(23-3)7-11(10)16/h4-7H,8H2,1-3H3,(H,17,20). The van der Waals surface area contributed by atoms with Crippen molar-refractivity contribution < 1.29 is 9.47 Å². The van der Waals surface area contributed by atoms with E-state index in [1.807, 2.05) is 31.2 Å². The van der Waals surface area contributed by atoms with Crippen molar-refractivity contribution in [2.75, 3.05) is 19.5 Å². The first-order valence-corrected chi connectivity index (χ1v) is 7.75. The summed E-state index contributed by atoms with van der Waals surface area (Å²) in [5.74, 6) is 2.85. The summed E-state index contributed by atoms with van der Waals surface area (Å²) in [4.78, 5) is 0. The molecule has 8 heteroatoms. The van der Waals surface area contributed by atoms with Gasteiger partial charge in [0, 0.05) is 11.0 Å². The molecule has 0 unspecified atom stereocenters.